The maximum atomic E-state index is 6.06. The van der Waals surface area contributed by atoms with Crippen molar-refractivity contribution in [1.29, 1.82) is 0 Å². The number of aromatic nitrogens is 3. The second-order valence-corrected chi connectivity index (χ2v) is 7.78. The highest BCUT2D eigenvalue weighted by atomic mass is 32.1. The normalized spacial score (nSPS) is 20.7. The van der Waals surface area contributed by atoms with E-state index in [2.05, 4.69) is 29.2 Å². The topological polar surface area (TPSA) is 55.2 Å². The molecule has 0 aromatic carbocycles. The SMILES string of the molecule is Cc1nn(C)c(C)c1[C@@H]1OCC[C@@H]1CNCc1cnc(N(C)C)s1. The van der Waals surface area contributed by atoms with Gasteiger partial charge >= 0.3 is 0 Å². The van der Waals surface area contributed by atoms with Gasteiger partial charge < -0.3 is 15.0 Å². The van der Waals surface area contributed by atoms with Gasteiger partial charge in [0.05, 0.1) is 11.8 Å². The number of nitrogens with one attached hydrogen (secondary N) is 1. The van der Waals surface area contributed by atoms with Gasteiger partial charge in [0.15, 0.2) is 5.13 Å². The highest BCUT2D eigenvalue weighted by Crippen LogP contribution is 2.37. The summed E-state index contributed by atoms with van der Waals surface area (Å²) in [7, 11) is 6.05. The molecule has 132 valence electrons. The van der Waals surface area contributed by atoms with Crippen LogP contribution in [0.3, 0.4) is 0 Å². The molecule has 0 aliphatic carbocycles. The first kappa shape index (κ1) is 17.4. The van der Waals surface area contributed by atoms with Crippen molar-refractivity contribution in [3.8, 4) is 0 Å². The van der Waals surface area contributed by atoms with Crippen molar-refractivity contribution in [1.82, 2.24) is 20.1 Å². The minimum Gasteiger partial charge on any atom is -0.373 e. The minimum atomic E-state index is 0.157. The van der Waals surface area contributed by atoms with E-state index in [9.17, 15) is 0 Å². The second kappa shape index (κ2) is 7.21. The van der Waals surface area contributed by atoms with E-state index in [1.54, 1.807) is 11.3 Å². The first-order valence-corrected chi connectivity index (χ1v) is 9.23. The molecule has 0 spiro atoms. The molecule has 7 heteroatoms. The Morgan fingerprint density at radius 3 is 2.83 bits per heavy atom. The van der Waals surface area contributed by atoms with Crippen LogP contribution in [0.15, 0.2) is 6.20 Å². The maximum absolute atomic E-state index is 6.06. The van der Waals surface area contributed by atoms with E-state index >= 15 is 0 Å². The molecule has 1 saturated heterocycles. The summed E-state index contributed by atoms with van der Waals surface area (Å²) >= 11 is 1.74. The number of hydrogen-bond acceptors (Lipinski definition) is 6. The zero-order valence-electron chi connectivity index (χ0n) is 15.2. The van der Waals surface area contributed by atoms with Crippen LogP contribution in [0.4, 0.5) is 5.13 Å². The number of ether oxygens (including phenoxy) is 1. The number of nitrogens with zero attached hydrogens (tertiary/aromatic N) is 4. The van der Waals surface area contributed by atoms with Crippen molar-refractivity contribution >= 4 is 16.5 Å². The van der Waals surface area contributed by atoms with Crippen molar-refractivity contribution < 1.29 is 4.74 Å². The summed E-state index contributed by atoms with van der Waals surface area (Å²) in [4.78, 5) is 7.73. The summed E-state index contributed by atoms with van der Waals surface area (Å²) in [6.45, 7) is 6.85. The van der Waals surface area contributed by atoms with Crippen molar-refractivity contribution in [2.24, 2.45) is 13.0 Å². The lowest BCUT2D eigenvalue weighted by molar-refractivity contribution is 0.0894. The summed E-state index contributed by atoms with van der Waals surface area (Å²) in [6.07, 6.45) is 3.22. The van der Waals surface area contributed by atoms with Crippen LogP contribution in [0.1, 0.15) is 34.4 Å². The van der Waals surface area contributed by atoms with Crippen LogP contribution in [0, 0.1) is 19.8 Å². The zero-order valence-corrected chi connectivity index (χ0v) is 16.0. The van der Waals surface area contributed by atoms with Crippen LogP contribution in [0.2, 0.25) is 0 Å². The van der Waals surface area contributed by atoms with Crippen LogP contribution in [-0.4, -0.2) is 42.0 Å². The van der Waals surface area contributed by atoms with E-state index in [1.165, 1.54) is 16.1 Å². The third-order valence-electron chi connectivity index (χ3n) is 4.69. The molecule has 2 atom stereocenters. The van der Waals surface area contributed by atoms with Crippen LogP contribution in [-0.2, 0) is 18.3 Å². The number of aryl methyl sites for hydroxylation is 2. The second-order valence-electron chi connectivity index (χ2n) is 6.68. The molecule has 3 heterocycles. The summed E-state index contributed by atoms with van der Waals surface area (Å²) in [5, 5.41) is 9.18. The van der Waals surface area contributed by atoms with E-state index < -0.39 is 0 Å². The van der Waals surface area contributed by atoms with Crippen molar-refractivity contribution in [3.63, 3.8) is 0 Å². The van der Waals surface area contributed by atoms with Gasteiger partial charge in [0, 0.05) is 69.1 Å². The Kier molecular flexibility index (Phi) is 5.22. The Bertz CT molecular complexity index is 693. The largest absolute Gasteiger partial charge is 0.373 e. The molecule has 3 rings (SSSR count). The average Bonchev–Trinajstić information content (AvgIpc) is 3.22. The van der Waals surface area contributed by atoms with Crippen LogP contribution < -0.4 is 10.2 Å². The van der Waals surface area contributed by atoms with Gasteiger partial charge in [-0.25, -0.2) is 4.98 Å². The standard InChI is InChI=1S/C17H27N5OS/c1-11-15(12(2)22(5)20-11)16-13(6-7-23-16)8-18-9-14-10-19-17(24-14)21(3)4/h10,13,16,18H,6-9H2,1-5H3/t13-,16-/m1/s1. The fourth-order valence-corrected chi connectivity index (χ4v) is 4.13. The predicted molar refractivity (Wildman–Crippen MR) is 97.6 cm³/mol. The van der Waals surface area contributed by atoms with Gasteiger partial charge in [-0.05, 0) is 20.3 Å². The van der Waals surface area contributed by atoms with Gasteiger partial charge in [-0.2, -0.15) is 5.10 Å². The maximum Gasteiger partial charge on any atom is 0.185 e. The van der Waals surface area contributed by atoms with Crippen LogP contribution >= 0.6 is 11.3 Å². The lowest BCUT2D eigenvalue weighted by Crippen LogP contribution is -2.24. The van der Waals surface area contributed by atoms with Crippen LogP contribution in [0.25, 0.3) is 0 Å². The molecule has 1 N–H and O–H groups in total. The monoisotopic (exact) mass is 349 g/mol. The molecule has 1 aliphatic rings. The predicted octanol–water partition coefficient (Wildman–Crippen LogP) is 2.43. The molecule has 1 aliphatic heterocycles. The Balaban J connectivity index is 1.60. The summed E-state index contributed by atoms with van der Waals surface area (Å²) < 4.78 is 8.01. The van der Waals surface area contributed by atoms with Crippen molar-refractivity contribution in [2.45, 2.75) is 32.9 Å². The van der Waals surface area contributed by atoms with Crippen molar-refractivity contribution in [3.05, 3.63) is 28.0 Å². The number of anilines is 1. The Labute approximate surface area is 147 Å². The fraction of sp³-hybridized carbons (Fsp3) is 0.647. The average molecular weight is 350 g/mol. The molecular weight excluding hydrogens is 322 g/mol. The molecule has 2 aromatic rings. The van der Waals surface area contributed by atoms with Gasteiger partial charge in [-0.1, -0.05) is 0 Å². The first-order chi connectivity index (χ1) is 11.5. The molecule has 6 nitrogen and oxygen atoms in total. The summed E-state index contributed by atoms with van der Waals surface area (Å²) in [5.41, 5.74) is 3.57. The molecular formula is C17H27N5OS. The number of rotatable bonds is 6. The Morgan fingerprint density at radius 2 is 2.21 bits per heavy atom. The molecule has 0 amide bonds. The molecule has 2 aromatic heterocycles. The van der Waals surface area contributed by atoms with Gasteiger partial charge in [-0.15, -0.1) is 11.3 Å². The molecule has 1 fully saturated rings. The van der Waals surface area contributed by atoms with E-state index in [0.717, 1.165) is 36.9 Å². The van der Waals surface area contributed by atoms with E-state index in [0.29, 0.717) is 5.92 Å². The lowest BCUT2D eigenvalue weighted by atomic mass is 9.94. The fourth-order valence-electron chi connectivity index (χ4n) is 3.33. The Hall–Kier alpha value is -1.44. The van der Waals surface area contributed by atoms with E-state index in [4.69, 9.17) is 4.74 Å². The van der Waals surface area contributed by atoms with Crippen LogP contribution in [0.5, 0.6) is 0 Å². The molecule has 0 unspecified atom stereocenters. The van der Waals surface area contributed by atoms with Crippen molar-refractivity contribution in [2.75, 3.05) is 32.1 Å². The van der Waals surface area contributed by atoms with Gasteiger partial charge in [0.25, 0.3) is 0 Å². The molecule has 0 radical (unpaired) electrons. The zero-order chi connectivity index (χ0) is 17.3. The van der Waals surface area contributed by atoms with Gasteiger partial charge in [0.2, 0.25) is 0 Å². The Morgan fingerprint density at radius 1 is 1.42 bits per heavy atom. The minimum absolute atomic E-state index is 0.157. The third-order valence-corrected chi connectivity index (χ3v) is 5.86. The van der Waals surface area contributed by atoms with Gasteiger partial charge in [-0.3, -0.25) is 4.68 Å². The first-order valence-electron chi connectivity index (χ1n) is 8.41. The summed E-state index contributed by atoms with van der Waals surface area (Å²) in [6, 6.07) is 0. The third kappa shape index (κ3) is 3.48. The lowest BCUT2D eigenvalue weighted by Gasteiger charge is -2.19. The molecule has 0 saturated carbocycles. The number of thiazole rings is 1. The summed E-state index contributed by atoms with van der Waals surface area (Å²) in [5.74, 6) is 0.493. The number of hydrogen-bond donors (Lipinski definition) is 1. The highest BCUT2D eigenvalue weighted by molar-refractivity contribution is 7.15. The smallest absolute Gasteiger partial charge is 0.185 e. The molecule has 0 bridgehead atoms. The molecule has 24 heavy (non-hydrogen) atoms. The van der Waals surface area contributed by atoms with E-state index in [1.807, 2.05) is 36.9 Å². The van der Waals surface area contributed by atoms with Gasteiger partial charge in [0.1, 0.15) is 0 Å². The van der Waals surface area contributed by atoms with E-state index in [-0.39, 0.29) is 6.10 Å². The quantitative estimate of drug-likeness (QED) is 0.868. The highest BCUT2D eigenvalue weighted by Gasteiger charge is 2.33.